The highest BCUT2D eigenvalue weighted by Gasteiger charge is 2.06. The lowest BCUT2D eigenvalue weighted by molar-refractivity contribution is 0.768. The number of hydrogen-bond donors (Lipinski definition) is 1. The average Bonchev–Trinajstić information content (AvgIpc) is 3.30. The van der Waals surface area contributed by atoms with Crippen molar-refractivity contribution in [3.8, 4) is 11.3 Å². The first-order valence-corrected chi connectivity index (χ1v) is 9.17. The number of rotatable bonds is 6. The summed E-state index contributed by atoms with van der Waals surface area (Å²) in [4.78, 5) is 13.5. The lowest BCUT2D eigenvalue weighted by Crippen LogP contribution is -2.04. The van der Waals surface area contributed by atoms with E-state index in [4.69, 9.17) is 4.98 Å². The van der Waals surface area contributed by atoms with Crippen LogP contribution in [-0.4, -0.2) is 24.7 Å². The summed E-state index contributed by atoms with van der Waals surface area (Å²) in [6.45, 7) is 0.599. The smallest absolute Gasteiger partial charge is 0.223 e. The van der Waals surface area contributed by atoms with Crippen molar-refractivity contribution < 1.29 is 0 Å². The van der Waals surface area contributed by atoms with Gasteiger partial charge in [-0.3, -0.25) is 4.68 Å². The first-order chi connectivity index (χ1) is 12.8. The van der Waals surface area contributed by atoms with Crippen LogP contribution >= 0.6 is 11.3 Å². The Kier molecular flexibility index (Phi) is 4.70. The molecule has 7 heteroatoms. The molecule has 0 saturated heterocycles. The summed E-state index contributed by atoms with van der Waals surface area (Å²) in [7, 11) is 1.89. The monoisotopic (exact) mass is 362 g/mol. The molecule has 130 valence electrons. The van der Waals surface area contributed by atoms with Gasteiger partial charge in [-0.2, -0.15) is 5.10 Å². The standard InChI is InChI=1S/C19H18N6S/c1-25-12-15(10-22-25)17-7-8-20-19(24-17)21-11-16-13-26-18(23-16)9-14-5-3-2-4-6-14/h2-8,10,12-13H,9,11H2,1H3,(H,20,21,24). The Morgan fingerprint density at radius 3 is 2.81 bits per heavy atom. The molecule has 4 rings (SSSR count). The zero-order valence-corrected chi connectivity index (χ0v) is 15.1. The lowest BCUT2D eigenvalue weighted by Gasteiger charge is -2.04. The van der Waals surface area contributed by atoms with Gasteiger partial charge < -0.3 is 5.32 Å². The van der Waals surface area contributed by atoms with Gasteiger partial charge in [-0.15, -0.1) is 11.3 Å². The molecule has 0 aliphatic rings. The Hall–Kier alpha value is -3.06. The number of anilines is 1. The SMILES string of the molecule is Cn1cc(-c2ccnc(NCc3csc(Cc4ccccc4)n3)n2)cn1. The second-order valence-corrected chi connectivity index (χ2v) is 6.86. The normalized spacial score (nSPS) is 10.8. The number of nitrogens with one attached hydrogen (secondary N) is 1. The topological polar surface area (TPSA) is 68.5 Å². The molecule has 0 spiro atoms. The van der Waals surface area contributed by atoms with Crippen molar-refractivity contribution in [3.63, 3.8) is 0 Å². The van der Waals surface area contributed by atoms with Crippen LogP contribution in [0.1, 0.15) is 16.3 Å². The molecule has 4 aromatic rings. The van der Waals surface area contributed by atoms with E-state index in [-0.39, 0.29) is 0 Å². The van der Waals surface area contributed by atoms with Gasteiger partial charge >= 0.3 is 0 Å². The molecule has 0 unspecified atom stereocenters. The molecule has 0 atom stereocenters. The molecule has 0 amide bonds. The van der Waals surface area contributed by atoms with E-state index in [1.54, 1.807) is 28.4 Å². The molecule has 3 heterocycles. The Morgan fingerprint density at radius 1 is 1.12 bits per heavy atom. The summed E-state index contributed by atoms with van der Waals surface area (Å²) in [5.74, 6) is 0.587. The van der Waals surface area contributed by atoms with Crippen LogP contribution in [0.4, 0.5) is 5.95 Å². The van der Waals surface area contributed by atoms with E-state index in [1.807, 2.05) is 25.4 Å². The summed E-state index contributed by atoms with van der Waals surface area (Å²) in [6, 6.07) is 12.3. The molecule has 0 fully saturated rings. The fourth-order valence-electron chi connectivity index (χ4n) is 2.61. The molecule has 0 saturated carbocycles. The van der Waals surface area contributed by atoms with E-state index in [0.29, 0.717) is 12.5 Å². The highest BCUT2D eigenvalue weighted by molar-refractivity contribution is 7.09. The zero-order chi connectivity index (χ0) is 17.8. The molecule has 0 radical (unpaired) electrons. The van der Waals surface area contributed by atoms with Crippen LogP contribution in [0.15, 0.2) is 60.4 Å². The van der Waals surface area contributed by atoms with E-state index in [1.165, 1.54) is 5.56 Å². The molecule has 0 bridgehead atoms. The fraction of sp³-hybridized carbons (Fsp3) is 0.158. The van der Waals surface area contributed by atoms with Gasteiger partial charge in [-0.1, -0.05) is 30.3 Å². The minimum atomic E-state index is 0.587. The molecular weight excluding hydrogens is 344 g/mol. The zero-order valence-electron chi connectivity index (χ0n) is 14.3. The Balaban J connectivity index is 1.40. The largest absolute Gasteiger partial charge is 0.349 e. The molecule has 0 aliphatic carbocycles. The van der Waals surface area contributed by atoms with E-state index < -0.39 is 0 Å². The van der Waals surface area contributed by atoms with Crippen LogP contribution in [0, 0.1) is 0 Å². The van der Waals surface area contributed by atoms with Gasteiger partial charge in [0, 0.05) is 36.8 Å². The lowest BCUT2D eigenvalue weighted by atomic mass is 10.2. The van der Waals surface area contributed by atoms with Crippen LogP contribution in [0.25, 0.3) is 11.3 Å². The number of nitrogens with zero attached hydrogens (tertiary/aromatic N) is 5. The number of aromatic nitrogens is 5. The predicted octanol–water partition coefficient (Wildman–Crippen LogP) is 3.54. The van der Waals surface area contributed by atoms with Crippen molar-refractivity contribution in [3.05, 3.63) is 76.6 Å². The quantitative estimate of drug-likeness (QED) is 0.568. The highest BCUT2D eigenvalue weighted by Crippen LogP contribution is 2.18. The van der Waals surface area contributed by atoms with E-state index in [0.717, 1.165) is 28.4 Å². The highest BCUT2D eigenvalue weighted by atomic mass is 32.1. The van der Waals surface area contributed by atoms with Crippen molar-refractivity contribution in [1.29, 1.82) is 0 Å². The fourth-order valence-corrected chi connectivity index (χ4v) is 3.44. The van der Waals surface area contributed by atoms with Crippen molar-refractivity contribution in [2.45, 2.75) is 13.0 Å². The second-order valence-electron chi connectivity index (χ2n) is 5.92. The second kappa shape index (κ2) is 7.45. The van der Waals surface area contributed by atoms with Crippen LogP contribution in [0.5, 0.6) is 0 Å². The maximum absolute atomic E-state index is 4.69. The van der Waals surface area contributed by atoms with Gasteiger partial charge in [0.1, 0.15) is 0 Å². The first kappa shape index (κ1) is 16.4. The molecular formula is C19H18N6S. The molecule has 6 nitrogen and oxygen atoms in total. The molecule has 1 N–H and O–H groups in total. The summed E-state index contributed by atoms with van der Waals surface area (Å²) in [5.41, 5.74) is 4.08. The summed E-state index contributed by atoms with van der Waals surface area (Å²) < 4.78 is 1.76. The third-order valence-electron chi connectivity index (χ3n) is 3.88. The first-order valence-electron chi connectivity index (χ1n) is 8.29. The average molecular weight is 362 g/mol. The number of benzene rings is 1. The summed E-state index contributed by atoms with van der Waals surface area (Å²) >= 11 is 1.68. The minimum Gasteiger partial charge on any atom is -0.349 e. The number of aryl methyl sites for hydroxylation is 1. The molecule has 0 aliphatic heterocycles. The third-order valence-corrected chi connectivity index (χ3v) is 4.78. The van der Waals surface area contributed by atoms with Crippen molar-refractivity contribution in [1.82, 2.24) is 24.7 Å². The molecule has 26 heavy (non-hydrogen) atoms. The van der Waals surface area contributed by atoms with Crippen LogP contribution < -0.4 is 5.32 Å². The van der Waals surface area contributed by atoms with E-state index in [9.17, 15) is 0 Å². The van der Waals surface area contributed by atoms with Crippen LogP contribution in [0.2, 0.25) is 0 Å². The van der Waals surface area contributed by atoms with Gasteiger partial charge in [-0.05, 0) is 11.6 Å². The Morgan fingerprint density at radius 2 is 2.00 bits per heavy atom. The summed E-state index contributed by atoms with van der Waals surface area (Å²) in [5, 5.41) is 10.6. The van der Waals surface area contributed by atoms with Gasteiger partial charge in [0.15, 0.2) is 0 Å². The predicted molar refractivity (Wildman–Crippen MR) is 103 cm³/mol. The van der Waals surface area contributed by atoms with Crippen molar-refractivity contribution in [2.75, 3.05) is 5.32 Å². The Labute approximate surface area is 155 Å². The summed E-state index contributed by atoms with van der Waals surface area (Å²) in [6.07, 6.45) is 6.34. The number of thiazole rings is 1. The van der Waals surface area contributed by atoms with Gasteiger partial charge in [0.2, 0.25) is 5.95 Å². The van der Waals surface area contributed by atoms with Crippen molar-refractivity contribution >= 4 is 17.3 Å². The van der Waals surface area contributed by atoms with Crippen LogP contribution in [-0.2, 0) is 20.0 Å². The van der Waals surface area contributed by atoms with Gasteiger partial charge in [0.05, 0.1) is 29.1 Å². The van der Waals surface area contributed by atoms with E-state index >= 15 is 0 Å². The van der Waals surface area contributed by atoms with Crippen LogP contribution in [0.3, 0.4) is 0 Å². The van der Waals surface area contributed by atoms with Crippen molar-refractivity contribution in [2.24, 2.45) is 7.05 Å². The van der Waals surface area contributed by atoms with Gasteiger partial charge in [-0.25, -0.2) is 15.0 Å². The maximum atomic E-state index is 4.69. The molecule has 3 aromatic heterocycles. The van der Waals surface area contributed by atoms with Gasteiger partial charge in [0.25, 0.3) is 0 Å². The third kappa shape index (κ3) is 3.94. The van der Waals surface area contributed by atoms with E-state index in [2.05, 4.69) is 50.0 Å². The number of hydrogen-bond acceptors (Lipinski definition) is 6. The maximum Gasteiger partial charge on any atom is 0.223 e. The minimum absolute atomic E-state index is 0.587. The molecule has 1 aromatic carbocycles. The Bertz CT molecular complexity index is 992.